The molecule has 0 aliphatic heterocycles. The van der Waals surface area contributed by atoms with E-state index in [1.165, 1.54) is 9.36 Å². The molecule has 1 aromatic carbocycles. The van der Waals surface area contributed by atoms with Crippen LogP contribution < -0.4 is 5.69 Å². The third-order valence-electron chi connectivity index (χ3n) is 2.72. The van der Waals surface area contributed by atoms with Gasteiger partial charge >= 0.3 is 5.69 Å². The number of oxime groups is 1. The Morgan fingerprint density at radius 3 is 2.84 bits per heavy atom. The van der Waals surface area contributed by atoms with Crippen molar-refractivity contribution in [1.29, 1.82) is 0 Å². The fourth-order valence-electron chi connectivity index (χ4n) is 1.71. The van der Waals surface area contributed by atoms with E-state index in [-0.39, 0.29) is 12.3 Å². The molecule has 7 nitrogen and oxygen atoms in total. The van der Waals surface area contributed by atoms with Crippen molar-refractivity contribution in [2.75, 3.05) is 0 Å². The van der Waals surface area contributed by atoms with E-state index in [0.29, 0.717) is 5.69 Å². The van der Waals surface area contributed by atoms with Gasteiger partial charge in [-0.1, -0.05) is 17.3 Å². The van der Waals surface area contributed by atoms with Gasteiger partial charge in [0.2, 0.25) is 0 Å². The summed E-state index contributed by atoms with van der Waals surface area (Å²) in [5, 5.41) is 11.3. The van der Waals surface area contributed by atoms with E-state index in [1.807, 2.05) is 19.1 Å². The SMILES string of the molecule is CC=NOCc1c(C)cccc1-n1nnn(C)c1=O. The number of aryl methyl sites for hydroxylation is 2. The van der Waals surface area contributed by atoms with Crippen LogP contribution in [0.25, 0.3) is 5.69 Å². The molecule has 0 fully saturated rings. The summed E-state index contributed by atoms with van der Waals surface area (Å²) in [5.74, 6) is 0. The van der Waals surface area contributed by atoms with Crippen molar-refractivity contribution < 1.29 is 4.84 Å². The van der Waals surface area contributed by atoms with Crippen LogP contribution in [-0.4, -0.2) is 26.0 Å². The molecule has 0 N–H and O–H groups in total. The van der Waals surface area contributed by atoms with E-state index in [9.17, 15) is 4.79 Å². The van der Waals surface area contributed by atoms with Crippen LogP contribution in [0.2, 0.25) is 0 Å². The minimum atomic E-state index is -0.300. The van der Waals surface area contributed by atoms with Gasteiger partial charge in [0.1, 0.15) is 6.61 Å². The minimum Gasteiger partial charge on any atom is -0.391 e. The fraction of sp³-hybridized carbons (Fsp3) is 0.333. The molecule has 0 aliphatic rings. The van der Waals surface area contributed by atoms with Gasteiger partial charge in [0.25, 0.3) is 0 Å². The molecule has 100 valence electrons. The Bertz CT molecular complexity index is 656. The standard InChI is InChI=1S/C12H15N5O2/c1-4-13-19-8-10-9(2)6-5-7-11(10)17-12(18)16(3)14-15-17/h4-7H,8H2,1-3H3. The van der Waals surface area contributed by atoms with E-state index in [0.717, 1.165) is 11.1 Å². The molecule has 19 heavy (non-hydrogen) atoms. The van der Waals surface area contributed by atoms with Crippen molar-refractivity contribution in [1.82, 2.24) is 19.8 Å². The molecular weight excluding hydrogens is 246 g/mol. The Morgan fingerprint density at radius 1 is 1.42 bits per heavy atom. The second-order valence-electron chi connectivity index (χ2n) is 4.01. The summed E-state index contributed by atoms with van der Waals surface area (Å²) in [4.78, 5) is 17.1. The van der Waals surface area contributed by atoms with Crippen LogP contribution in [0.4, 0.5) is 0 Å². The summed E-state index contributed by atoms with van der Waals surface area (Å²) in [5.41, 5.74) is 2.22. The summed E-state index contributed by atoms with van der Waals surface area (Å²) in [6, 6.07) is 5.61. The lowest BCUT2D eigenvalue weighted by Crippen LogP contribution is -2.23. The Morgan fingerprint density at radius 2 is 2.21 bits per heavy atom. The van der Waals surface area contributed by atoms with E-state index in [4.69, 9.17) is 4.84 Å². The average Bonchev–Trinajstić information content (AvgIpc) is 2.72. The second-order valence-corrected chi connectivity index (χ2v) is 4.01. The van der Waals surface area contributed by atoms with Crippen LogP contribution in [-0.2, 0) is 18.5 Å². The normalized spacial score (nSPS) is 11.1. The molecular formula is C12H15N5O2. The highest BCUT2D eigenvalue weighted by Gasteiger charge is 2.13. The van der Waals surface area contributed by atoms with Crippen LogP contribution in [0.5, 0.6) is 0 Å². The molecule has 0 atom stereocenters. The predicted octanol–water partition coefficient (Wildman–Crippen LogP) is 0.797. The summed E-state index contributed by atoms with van der Waals surface area (Å²) < 4.78 is 2.43. The first-order valence-electron chi connectivity index (χ1n) is 5.83. The predicted molar refractivity (Wildman–Crippen MR) is 70.3 cm³/mol. The molecule has 0 aliphatic carbocycles. The van der Waals surface area contributed by atoms with Crippen molar-refractivity contribution in [3.05, 3.63) is 39.8 Å². The van der Waals surface area contributed by atoms with Crippen molar-refractivity contribution in [3.63, 3.8) is 0 Å². The van der Waals surface area contributed by atoms with Gasteiger partial charge in [0.15, 0.2) is 0 Å². The van der Waals surface area contributed by atoms with Gasteiger partial charge in [-0.05, 0) is 35.9 Å². The van der Waals surface area contributed by atoms with Crippen LogP contribution in [0.15, 0.2) is 28.1 Å². The first kappa shape index (κ1) is 13.0. The highest BCUT2D eigenvalue weighted by Crippen LogP contribution is 2.17. The number of benzene rings is 1. The molecule has 0 bridgehead atoms. The van der Waals surface area contributed by atoms with Crippen molar-refractivity contribution in [2.45, 2.75) is 20.5 Å². The lowest BCUT2D eigenvalue weighted by Gasteiger charge is -2.09. The van der Waals surface area contributed by atoms with Crippen LogP contribution in [0, 0.1) is 6.92 Å². The number of tetrazole rings is 1. The van der Waals surface area contributed by atoms with Crippen LogP contribution in [0.1, 0.15) is 18.1 Å². The largest absolute Gasteiger partial charge is 0.391 e. The Hall–Kier alpha value is -2.44. The smallest absolute Gasteiger partial charge is 0.368 e. The lowest BCUT2D eigenvalue weighted by atomic mass is 10.1. The van der Waals surface area contributed by atoms with Gasteiger partial charge in [-0.3, -0.25) is 0 Å². The molecule has 0 spiro atoms. The zero-order valence-corrected chi connectivity index (χ0v) is 11.1. The van der Waals surface area contributed by atoms with Crippen molar-refractivity contribution in [3.8, 4) is 5.69 Å². The molecule has 0 amide bonds. The van der Waals surface area contributed by atoms with Gasteiger partial charge in [-0.15, -0.1) is 0 Å². The zero-order valence-electron chi connectivity index (χ0n) is 11.1. The first-order valence-corrected chi connectivity index (χ1v) is 5.83. The highest BCUT2D eigenvalue weighted by atomic mass is 16.6. The maximum absolute atomic E-state index is 11.9. The quantitative estimate of drug-likeness (QED) is 0.602. The molecule has 0 saturated carbocycles. The third kappa shape index (κ3) is 2.54. The van der Waals surface area contributed by atoms with Gasteiger partial charge in [-0.25, -0.2) is 4.79 Å². The van der Waals surface area contributed by atoms with Crippen molar-refractivity contribution >= 4 is 6.21 Å². The molecule has 0 radical (unpaired) electrons. The fourth-order valence-corrected chi connectivity index (χ4v) is 1.71. The van der Waals surface area contributed by atoms with E-state index < -0.39 is 0 Å². The van der Waals surface area contributed by atoms with Gasteiger partial charge < -0.3 is 4.84 Å². The average molecular weight is 261 g/mol. The van der Waals surface area contributed by atoms with Gasteiger partial charge in [0.05, 0.1) is 5.69 Å². The number of nitrogens with zero attached hydrogens (tertiary/aromatic N) is 5. The zero-order chi connectivity index (χ0) is 13.8. The third-order valence-corrected chi connectivity index (χ3v) is 2.72. The van der Waals surface area contributed by atoms with Crippen LogP contribution in [0.3, 0.4) is 0 Å². The maximum Gasteiger partial charge on any atom is 0.368 e. The molecule has 0 saturated heterocycles. The topological polar surface area (TPSA) is 74.3 Å². The van der Waals surface area contributed by atoms with E-state index in [1.54, 1.807) is 26.3 Å². The van der Waals surface area contributed by atoms with Gasteiger partial charge in [0, 0.05) is 18.8 Å². The van der Waals surface area contributed by atoms with Crippen molar-refractivity contribution in [2.24, 2.45) is 12.2 Å². The minimum absolute atomic E-state index is 0.273. The highest BCUT2D eigenvalue weighted by molar-refractivity contribution is 5.52. The van der Waals surface area contributed by atoms with Crippen LogP contribution >= 0.6 is 0 Å². The Labute approximate surface area is 110 Å². The number of hydrogen-bond acceptors (Lipinski definition) is 5. The number of rotatable bonds is 4. The lowest BCUT2D eigenvalue weighted by molar-refractivity contribution is 0.131. The summed E-state index contributed by atoms with van der Waals surface area (Å²) in [7, 11) is 1.55. The molecule has 7 heteroatoms. The summed E-state index contributed by atoms with van der Waals surface area (Å²) in [6.07, 6.45) is 1.56. The second kappa shape index (κ2) is 5.47. The molecule has 0 unspecified atom stereocenters. The molecule has 2 rings (SSSR count). The molecule has 2 aromatic rings. The maximum atomic E-state index is 11.9. The number of aromatic nitrogens is 4. The van der Waals surface area contributed by atoms with Gasteiger partial charge in [-0.2, -0.15) is 9.36 Å². The monoisotopic (exact) mass is 261 g/mol. The summed E-state index contributed by atoms with van der Waals surface area (Å²) >= 11 is 0. The Kier molecular flexibility index (Phi) is 3.74. The van der Waals surface area contributed by atoms with E-state index in [2.05, 4.69) is 15.6 Å². The number of hydrogen-bond donors (Lipinski definition) is 0. The molecule has 1 aromatic heterocycles. The summed E-state index contributed by atoms with van der Waals surface area (Å²) in [6.45, 7) is 3.99. The van der Waals surface area contributed by atoms with E-state index >= 15 is 0 Å². The molecule has 1 heterocycles. The Balaban J connectivity index is 2.48. The first-order chi connectivity index (χ1) is 9.15.